The second-order valence-electron chi connectivity index (χ2n) is 10.3. The lowest BCUT2D eigenvalue weighted by molar-refractivity contribution is -0.128. The van der Waals surface area contributed by atoms with Crippen molar-refractivity contribution in [3.63, 3.8) is 0 Å². The number of halogens is 2. The molecule has 9 nitrogen and oxygen atoms in total. The van der Waals surface area contributed by atoms with Gasteiger partial charge in [0.05, 0.1) is 23.2 Å². The number of methoxy groups -OCH3 is 1. The molecule has 1 aromatic heterocycles. The van der Waals surface area contributed by atoms with E-state index in [1.54, 1.807) is 23.0 Å². The number of nitrogens with two attached hydrogens (primary N) is 1. The van der Waals surface area contributed by atoms with Crippen LogP contribution in [-0.4, -0.2) is 84.2 Å². The van der Waals surface area contributed by atoms with Crippen LogP contribution >= 0.6 is 11.6 Å². The van der Waals surface area contributed by atoms with Crippen molar-refractivity contribution in [3.05, 3.63) is 47.3 Å². The van der Waals surface area contributed by atoms with Gasteiger partial charge >= 0.3 is 0 Å². The van der Waals surface area contributed by atoms with Crippen LogP contribution < -0.4 is 15.4 Å². The van der Waals surface area contributed by atoms with E-state index in [9.17, 15) is 9.59 Å². The topological polar surface area (TPSA) is 101 Å². The quantitative estimate of drug-likeness (QED) is 0.466. The molecule has 2 fully saturated rings. The van der Waals surface area contributed by atoms with Crippen molar-refractivity contribution in [3.8, 4) is 17.0 Å². The summed E-state index contributed by atoms with van der Waals surface area (Å²) in [5.74, 6) is -0.631. The van der Waals surface area contributed by atoms with E-state index in [2.05, 4.69) is 6.58 Å². The number of nitrogens with zero attached hydrogens (tertiary/aromatic N) is 4. The number of carbonyl (C=O) groups excluding carboxylic acids is 2. The summed E-state index contributed by atoms with van der Waals surface area (Å²) in [7, 11) is 1.65. The normalized spacial score (nSPS) is 22.4. The molecule has 1 aromatic carbocycles. The highest BCUT2D eigenvalue weighted by atomic mass is 35.5. The third-order valence-electron chi connectivity index (χ3n) is 7.86. The number of amides is 2. The summed E-state index contributed by atoms with van der Waals surface area (Å²) in [5.41, 5.74) is 6.16. The fourth-order valence-corrected chi connectivity index (χ4v) is 6.06. The van der Waals surface area contributed by atoms with Crippen molar-refractivity contribution in [2.24, 2.45) is 0 Å². The van der Waals surface area contributed by atoms with Gasteiger partial charge in [0.15, 0.2) is 5.75 Å². The Labute approximate surface area is 225 Å². The summed E-state index contributed by atoms with van der Waals surface area (Å²) in [6, 6.07) is 3.96. The summed E-state index contributed by atoms with van der Waals surface area (Å²) < 4.78 is 27.1. The minimum absolute atomic E-state index is 0.00747. The lowest BCUT2D eigenvalue weighted by Crippen LogP contribution is -2.57. The number of ether oxygens (including phenoxy) is 2. The number of nitrogen functional groups attached to an aromatic ring is 1. The number of fused-ring (bicyclic) bond motifs is 2. The van der Waals surface area contributed by atoms with Crippen molar-refractivity contribution in [1.29, 1.82) is 0 Å². The Morgan fingerprint density at radius 3 is 2.74 bits per heavy atom. The van der Waals surface area contributed by atoms with Gasteiger partial charge in [-0.3, -0.25) is 9.59 Å². The molecule has 3 aliphatic rings. The van der Waals surface area contributed by atoms with E-state index in [4.69, 9.17) is 31.8 Å². The van der Waals surface area contributed by atoms with E-state index in [-0.39, 0.29) is 57.8 Å². The first-order valence-corrected chi connectivity index (χ1v) is 12.9. The third-order valence-corrected chi connectivity index (χ3v) is 8.21. The van der Waals surface area contributed by atoms with Crippen LogP contribution in [0.1, 0.15) is 30.6 Å². The summed E-state index contributed by atoms with van der Waals surface area (Å²) >= 11 is 6.85. The highest BCUT2D eigenvalue weighted by Gasteiger charge is 2.47. The molecule has 2 saturated heterocycles. The molecule has 38 heavy (non-hydrogen) atoms. The van der Waals surface area contributed by atoms with Gasteiger partial charge in [0.25, 0.3) is 5.91 Å². The molecule has 3 aliphatic heterocycles. The smallest absolute Gasteiger partial charge is 0.261 e. The van der Waals surface area contributed by atoms with Crippen molar-refractivity contribution in [2.75, 3.05) is 50.5 Å². The molecule has 202 valence electrons. The molecule has 5 rings (SSSR count). The van der Waals surface area contributed by atoms with Crippen molar-refractivity contribution in [2.45, 2.75) is 38.0 Å². The fourth-order valence-electron chi connectivity index (χ4n) is 5.77. The van der Waals surface area contributed by atoms with Gasteiger partial charge in [-0.1, -0.05) is 24.2 Å². The van der Waals surface area contributed by atoms with Gasteiger partial charge < -0.3 is 29.9 Å². The van der Waals surface area contributed by atoms with Crippen LogP contribution in [0.4, 0.5) is 15.9 Å². The lowest BCUT2D eigenvalue weighted by Gasteiger charge is -2.40. The van der Waals surface area contributed by atoms with E-state index in [1.807, 2.05) is 18.7 Å². The monoisotopic (exact) mass is 543 g/mol. The number of benzene rings is 1. The average molecular weight is 544 g/mol. The zero-order valence-corrected chi connectivity index (χ0v) is 22.4. The van der Waals surface area contributed by atoms with Crippen LogP contribution in [0.5, 0.6) is 5.75 Å². The van der Waals surface area contributed by atoms with Crippen LogP contribution in [0.15, 0.2) is 30.9 Å². The number of rotatable bonds is 4. The number of hydrogen-bond acceptors (Lipinski definition) is 7. The van der Waals surface area contributed by atoms with Crippen LogP contribution in [0.2, 0.25) is 5.02 Å². The van der Waals surface area contributed by atoms with Gasteiger partial charge in [-0.2, -0.15) is 0 Å². The molecule has 0 bridgehead atoms. The Morgan fingerprint density at radius 2 is 2.08 bits per heavy atom. The minimum atomic E-state index is -0.586. The zero-order valence-electron chi connectivity index (χ0n) is 21.7. The Balaban J connectivity index is 1.70. The predicted molar refractivity (Wildman–Crippen MR) is 143 cm³/mol. The highest BCUT2D eigenvalue weighted by Crippen LogP contribution is 2.47. The summed E-state index contributed by atoms with van der Waals surface area (Å²) in [6.45, 7) is 9.21. The van der Waals surface area contributed by atoms with Gasteiger partial charge in [0.1, 0.15) is 34.5 Å². The molecule has 2 amide bonds. The molecule has 0 saturated carbocycles. The Hall–Kier alpha value is -3.37. The second-order valence-corrected chi connectivity index (χ2v) is 10.7. The Bertz CT molecular complexity index is 1300. The highest BCUT2D eigenvalue weighted by molar-refractivity contribution is 6.35. The maximum absolute atomic E-state index is 15.1. The SMILES string of the molecule is C=CC(=O)N1CCN2C(=O)c3c(N4CCC(OC)C4(C)C)nc(-c4c(N)cccc4F)c(Cl)c3OC[C@H]2C1. The lowest BCUT2D eigenvalue weighted by atomic mass is 9.97. The van der Waals surface area contributed by atoms with Gasteiger partial charge in [0.2, 0.25) is 5.91 Å². The van der Waals surface area contributed by atoms with Crippen molar-refractivity contribution in [1.82, 2.24) is 14.8 Å². The number of hydrogen-bond donors (Lipinski definition) is 1. The van der Waals surface area contributed by atoms with Gasteiger partial charge in [-0.15, -0.1) is 0 Å². The molecule has 0 radical (unpaired) electrons. The van der Waals surface area contributed by atoms with E-state index in [1.165, 1.54) is 18.2 Å². The average Bonchev–Trinajstić information content (AvgIpc) is 3.11. The second kappa shape index (κ2) is 9.74. The van der Waals surface area contributed by atoms with E-state index < -0.39 is 17.4 Å². The van der Waals surface area contributed by atoms with Crippen LogP contribution in [0, 0.1) is 5.82 Å². The summed E-state index contributed by atoms with van der Waals surface area (Å²) in [6.07, 6.45) is 1.84. The first-order chi connectivity index (χ1) is 18.1. The number of piperazine rings is 1. The van der Waals surface area contributed by atoms with Gasteiger partial charge in [0, 0.05) is 39.0 Å². The molecule has 2 aromatic rings. The zero-order chi connectivity index (χ0) is 27.4. The molecular formula is C27H31ClFN5O4. The summed E-state index contributed by atoms with van der Waals surface area (Å²) in [4.78, 5) is 36.6. The number of pyridine rings is 1. The maximum Gasteiger partial charge on any atom is 0.261 e. The molecule has 0 spiro atoms. The molecule has 1 unspecified atom stereocenters. The molecule has 4 heterocycles. The van der Waals surface area contributed by atoms with E-state index in [0.717, 1.165) is 0 Å². The molecular weight excluding hydrogens is 513 g/mol. The first-order valence-electron chi connectivity index (χ1n) is 12.5. The number of anilines is 2. The van der Waals surface area contributed by atoms with Gasteiger partial charge in [-0.05, 0) is 38.5 Å². The molecule has 11 heteroatoms. The Morgan fingerprint density at radius 1 is 1.32 bits per heavy atom. The first kappa shape index (κ1) is 26.2. The number of aromatic nitrogens is 1. The molecule has 2 atom stereocenters. The standard InChI is InChI=1S/C27H31ClFN5O4/c1-5-19(35)32-11-12-33-15(13-32)14-38-24-21(26(33)36)25(34-10-9-18(37-4)27(34,2)3)31-23(22(24)28)20-16(29)7-6-8-17(20)30/h5-8,15,18H,1,9-14,30H2,2-4H3/t15-,18?/m1/s1. The van der Waals surface area contributed by atoms with Crippen LogP contribution in [0.25, 0.3) is 11.3 Å². The number of carbonyl (C=O) groups is 2. The Kier molecular flexibility index (Phi) is 6.73. The minimum Gasteiger partial charge on any atom is -0.489 e. The van der Waals surface area contributed by atoms with Gasteiger partial charge in [-0.25, -0.2) is 9.37 Å². The molecule has 2 N–H and O–H groups in total. The van der Waals surface area contributed by atoms with Crippen LogP contribution in [0.3, 0.4) is 0 Å². The van der Waals surface area contributed by atoms with E-state index in [0.29, 0.717) is 38.4 Å². The molecule has 0 aliphatic carbocycles. The van der Waals surface area contributed by atoms with E-state index >= 15 is 4.39 Å². The fraction of sp³-hybridized carbons (Fsp3) is 0.444. The van der Waals surface area contributed by atoms with Crippen LogP contribution in [-0.2, 0) is 9.53 Å². The largest absolute Gasteiger partial charge is 0.489 e. The third kappa shape index (κ3) is 4.06. The summed E-state index contributed by atoms with van der Waals surface area (Å²) in [5, 5.41) is 0.00747. The predicted octanol–water partition coefficient (Wildman–Crippen LogP) is 3.36. The van der Waals surface area contributed by atoms with Crippen molar-refractivity contribution >= 4 is 34.9 Å². The van der Waals surface area contributed by atoms with Crippen molar-refractivity contribution < 1.29 is 23.5 Å². The maximum atomic E-state index is 15.1.